The summed E-state index contributed by atoms with van der Waals surface area (Å²) in [4.78, 5) is 19.6. The highest BCUT2D eigenvalue weighted by Crippen LogP contribution is 2.48. The number of aromatic nitrogens is 1. The van der Waals surface area contributed by atoms with Crippen LogP contribution in [0.4, 0.5) is 15.0 Å². The fraction of sp³-hybridized carbons (Fsp3) is 0.324. The van der Waals surface area contributed by atoms with Crippen molar-refractivity contribution in [3.63, 3.8) is 0 Å². The van der Waals surface area contributed by atoms with Crippen molar-refractivity contribution in [3.8, 4) is 45.7 Å². The molecule has 0 bridgehead atoms. The Morgan fingerprint density at radius 2 is 1.73 bits per heavy atom. The van der Waals surface area contributed by atoms with Crippen molar-refractivity contribution in [2.75, 3.05) is 32.2 Å². The van der Waals surface area contributed by atoms with Crippen molar-refractivity contribution in [3.05, 3.63) is 88.1 Å². The number of amides is 1. The topological polar surface area (TPSA) is 106 Å². The molecule has 1 aliphatic rings. The maximum Gasteiger partial charge on any atom is 0.407 e. The van der Waals surface area contributed by atoms with Gasteiger partial charge >= 0.3 is 6.09 Å². The molecule has 11 heteroatoms. The minimum absolute atomic E-state index is 0.0586. The summed E-state index contributed by atoms with van der Waals surface area (Å²) in [5, 5.41) is 12.4. The summed E-state index contributed by atoms with van der Waals surface area (Å²) in [5.41, 5.74) is 2.58. The van der Waals surface area contributed by atoms with E-state index in [0.29, 0.717) is 82.5 Å². The molecule has 0 atom stereocenters. The number of hydrogen-bond acceptors (Lipinski definition) is 8. The molecule has 0 spiro atoms. The normalized spacial score (nSPS) is 13.4. The molecule has 1 saturated heterocycles. The predicted molar refractivity (Wildman–Crippen MR) is 186 cm³/mol. The van der Waals surface area contributed by atoms with Gasteiger partial charge in [-0.2, -0.15) is 5.26 Å². The highest BCUT2D eigenvalue weighted by molar-refractivity contribution is 9.10. The number of rotatable bonds is 9. The van der Waals surface area contributed by atoms with Gasteiger partial charge in [-0.1, -0.05) is 42.5 Å². The van der Waals surface area contributed by atoms with E-state index in [2.05, 4.69) is 26.1 Å². The number of nitrogens with one attached hydrogen (secondary N) is 1. The van der Waals surface area contributed by atoms with E-state index in [0.717, 1.165) is 5.56 Å². The number of halogens is 2. The summed E-state index contributed by atoms with van der Waals surface area (Å²) >= 11 is 3.77. The second kappa shape index (κ2) is 14.9. The Bertz CT molecular complexity index is 1820. The summed E-state index contributed by atoms with van der Waals surface area (Å²) in [6, 6.07) is 21.6. The summed E-state index contributed by atoms with van der Waals surface area (Å²) in [6.07, 6.45) is 0.889. The molecule has 5 rings (SSSR count). The second-order valence-electron chi connectivity index (χ2n) is 12.4. The molecular weight excluding hydrogens is 679 g/mol. The lowest BCUT2D eigenvalue weighted by Gasteiger charge is -2.35. The van der Waals surface area contributed by atoms with Crippen molar-refractivity contribution in [1.29, 1.82) is 5.26 Å². The first kappa shape index (κ1) is 34.5. The average Bonchev–Trinajstić information content (AvgIpc) is 3.07. The molecule has 4 aromatic rings. The number of benzene rings is 3. The Labute approximate surface area is 288 Å². The maximum absolute atomic E-state index is 15.1. The monoisotopic (exact) mass is 716 g/mol. The molecule has 1 aromatic heterocycles. The van der Waals surface area contributed by atoms with Gasteiger partial charge in [0.1, 0.15) is 40.1 Å². The van der Waals surface area contributed by atoms with Crippen LogP contribution in [0.25, 0.3) is 22.4 Å². The molecule has 1 aliphatic heterocycles. The lowest BCUT2D eigenvalue weighted by Crippen LogP contribution is -2.46. The molecule has 0 aliphatic carbocycles. The van der Waals surface area contributed by atoms with Gasteiger partial charge in [0.2, 0.25) is 0 Å². The minimum Gasteiger partial charge on any atom is -0.495 e. The van der Waals surface area contributed by atoms with E-state index in [1.807, 2.05) is 75.4 Å². The Kier molecular flexibility index (Phi) is 10.7. The van der Waals surface area contributed by atoms with Crippen molar-refractivity contribution in [1.82, 2.24) is 10.3 Å². The first-order valence-electron chi connectivity index (χ1n) is 15.6. The van der Waals surface area contributed by atoms with E-state index in [1.54, 1.807) is 20.3 Å². The fourth-order valence-corrected chi connectivity index (χ4v) is 6.25. The molecule has 1 fully saturated rings. The maximum atomic E-state index is 15.1. The van der Waals surface area contributed by atoms with Crippen LogP contribution in [0.1, 0.15) is 44.7 Å². The van der Waals surface area contributed by atoms with Gasteiger partial charge < -0.3 is 29.2 Å². The summed E-state index contributed by atoms with van der Waals surface area (Å²) in [7, 11) is 3.15. The summed E-state index contributed by atoms with van der Waals surface area (Å²) in [6.45, 7) is 7.00. The molecule has 0 radical (unpaired) electrons. The van der Waals surface area contributed by atoms with Gasteiger partial charge in [0.15, 0.2) is 11.5 Å². The van der Waals surface area contributed by atoms with E-state index in [1.165, 1.54) is 12.1 Å². The van der Waals surface area contributed by atoms with Crippen molar-refractivity contribution in [2.45, 2.75) is 51.9 Å². The van der Waals surface area contributed by atoms with E-state index < -0.39 is 17.5 Å². The van der Waals surface area contributed by atoms with E-state index in [-0.39, 0.29) is 11.6 Å². The number of pyridine rings is 1. The Balaban J connectivity index is 1.55. The molecular formula is C37H38BrFN4O5. The number of anilines is 1. The van der Waals surface area contributed by atoms with Gasteiger partial charge in [-0.3, -0.25) is 0 Å². The van der Waals surface area contributed by atoms with Gasteiger partial charge in [0.25, 0.3) is 0 Å². The van der Waals surface area contributed by atoms with Crippen LogP contribution in [0.3, 0.4) is 0 Å². The fourth-order valence-electron chi connectivity index (χ4n) is 5.55. The number of carbonyl (C=O) groups is 1. The number of carbonyl (C=O) groups excluding carboxylic acids is 1. The van der Waals surface area contributed by atoms with Gasteiger partial charge in [0, 0.05) is 24.7 Å². The minimum atomic E-state index is -0.651. The zero-order chi connectivity index (χ0) is 34.4. The third-order valence-electron chi connectivity index (χ3n) is 7.85. The SMILES string of the molecule is COc1ccc(-c2c(-c3ccc(C#N)c(F)c3)nc(N3CCC(NC(=O)OC(C)(C)C)CC3)c(Br)c2OC)cc1OCc1ccccc1. The third kappa shape index (κ3) is 8.00. The van der Waals surface area contributed by atoms with E-state index >= 15 is 4.39 Å². The molecule has 250 valence electrons. The molecule has 0 saturated carbocycles. The van der Waals surface area contributed by atoms with Gasteiger partial charge in [-0.05, 0) is 84.9 Å². The zero-order valence-corrected chi connectivity index (χ0v) is 29.2. The van der Waals surface area contributed by atoms with Crippen LogP contribution in [0.2, 0.25) is 0 Å². The number of ether oxygens (including phenoxy) is 4. The Hall–Kier alpha value is -4.82. The molecule has 1 amide bonds. The molecule has 9 nitrogen and oxygen atoms in total. The number of nitriles is 1. The smallest absolute Gasteiger partial charge is 0.407 e. The van der Waals surface area contributed by atoms with Crippen molar-refractivity contribution < 1.29 is 28.1 Å². The number of alkyl carbamates (subject to hydrolysis) is 1. The second-order valence-corrected chi connectivity index (χ2v) is 13.2. The summed E-state index contributed by atoms with van der Waals surface area (Å²) < 4.78 is 39.0. The van der Waals surface area contributed by atoms with Crippen molar-refractivity contribution in [2.24, 2.45) is 0 Å². The van der Waals surface area contributed by atoms with Crippen LogP contribution in [0.15, 0.2) is 71.2 Å². The largest absolute Gasteiger partial charge is 0.495 e. The van der Waals surface area contributed by atoms with E-state index in [4.69, 9.17) is 23.9 Å². The van der Waals surface area contributed by atoms with Crippen LogP contribution in [0.5, 0.6) is 17.2 Å². The van der Waals surface area contributed by atoms with Crippen molar-refractivity contribution >= 4 is 27.8 Å². The van der Waals surface area contributed by atoms with Crippen LogP contribution < -0.4 is 24.4 Å². The predicted octanol–water partition coefficient (Wildman–Crippen LogP) is 8.28. The molecule has 1 N–H and O–H groups in total. The number of nitrogens with zero attached hydrogens (tertiary/aromatic N) is 3. The lowest BCUT2D eigenvalue weighted by molar-refractivity contribution is 0.0497. The number of piperidine rings is 1. The molecule has 0 unspecified atom stereocenters. The first-order chi connectivity index (χ1) is 23.0. The van der Waals surface area contributed by atoms with Crippen LogP contribution in [0, 0.1) is 17.1 Å². The number of hydrogen-bond donors (Lipinski definition) is 1. The first-order valence-corrected chi connectivity index (χ1v) is 16.4. The highest BCUT2D eigenvalue weighted by atomic mass is 79.9. The van der Waals surface area contributed by atoms with Crippen LogP contribution in [-0.2, 0) is 11.3 Å². The van der Waals surface area contributed by atoms with Crippen LogP contribution in [-0.4, -0.2) is 50.0 Å². The van der Waals surface area contributed by atoms with Crippen LogP contribution >= 0.6 is 15.9 Å². The third-order valence-corrected chi connectivity index (χ3v) is 8.56. The Morgan fingerprint density at radius 1 is 1.02 bits per heavy atom. The molecule has 48 heavy (non-hydrogen) atoms. The lowest BCUT2D eigenvalue weighted by atomic mass is 9.96. The quantitative estimate of drug-likeness (QED) is 0.185. The van der Waals surface area contributed by atoms with Gasteiger partial charge in [0.05, 0.1) is 31.0 Å². The van der Waals surface area contributed by atoms with Gasteiger partial charge in [-0.25, -0.2) is 14.2 Å². The van der Waals surface area contributed by atoms with Gasteiger partial charge in [-0.15, -0.1) is 0 Å². The average molecular weight is 718 g/mol. The Morgan fingerprint density at radius 3 is 2.35 bits per heavy atom. The standard InChI is InChI=1S/C37H38BrFN4O5/c1-37(2,3)48-36(44)41-27-15-17-43(18-16-27)35-32(38)34(46-5)31(33(42-35)25-11-12-26(21-40)28(39)19-25)24-13-14-29(45-4)30(20-24)47-22-23-9-7-6-8-10-23/h6-14,19-20,27H,15-18,22H2,1-5H3,(H,41,44). The molecule has 3 aromatic carbocycles. The zero-order valence-electron chi connectivity index (χ0n) is 27.6. The number of methoxy groups -OCH3 is 2. The summed E-state index contributed by atoms with van der Waals surface area (Å²) in [5.74, 6) is 1.51. The molecule has 2 heterocycles. The van der Waals surface area contributed by atoms with E-state index in [9.17, 15) is 10.1 Å². The highest BCUT2D eigenvalue weighted by Gasteiger charge is 2.29.